The maximum absolute atomic E-state index is 12.6. The molecule has 2 aromatic heterocycles. The zero-order valence-corrected chi connectivity index (χ0v) is 16.1. The summed E-state index contributed by atoms with van der Waals surface area (Å²) in [5, 5.41) is 15.9. The Morgan fingerprint density at radius 1 is 1.39 bits per heavy atom. The van der Waals surface area contributed by atoms with Crippen molar-refractivity contribution in [1.29, 1.82) is 0 Å². The van der Waals surface area contributed by atoms with Gasteiger partial charge in [-0.1, -0.05) is 6.07 Å². The van der Waals surface area contributed by atoms with Gasteiger partial charge in [-0.15, -0.1) is 21.5 Å². The van der Waals surface area contributed by atoms with Gasteiger partial charge in [-0.2, -0.15) is 0 Å². The molecule has 3 heterocycles. The largest absolute Gasteiger partial charge is 0.496 e. The fourth-order valence-electron chi connectivity index (χ4n) is 2.93. The minimum atomic E-state index is -0.290. The predicted octanol–water partition coefficient (Wildman–Crippen LogP) is 2.48. The quantitative estimate of drug-likeness (QED) is 0.629. The second kappa shape index (κ2) is 8.41. The number of aromatic nitrogens is 2. The van der Waals surface area contributed by atoms with E-state index in [1.54, 1.807) is 18.2 Å². The second-order valence-electron chi connectivity index (χ2n) is 6.26. The first-order valence-electron chi connectivity index (χ1n) is 8.93. The molecule has 1 saturated heterocycles. The molecule has 1 unspecified atom stereocenters. The van der Waals surface area contributed by atoms with Gasteiger partial charge < -0.3 is 24.5 Å². The zero-order chi connectivity index (χ0) is 19.3. The smallest absolute Gasteiger partial charge is 0.257 e. The summed E-state index contributed by atoms with van der Waals surface area (Å²) in [5.41, 5.74) is 0.414. The number of ether oxygens (including phenoxy) is 2. The summed E-state index contributed by atoms with van der Waals surface area (Å²) in [7, 11) is 1.53. The number of methoxy groups -OCH3 is 1. The number of thiophene rings is 1. The normalized spacial score (nSPS) is 16.1. The summed E-state index contributed by atoms with van der Waals surface area (Å²) in [5.74, 6) is 1.62. The highest BCUT2D eigenvalue weighted by Crippen LogP contribution is 2.26. The van der Waals surface area contributed by atoms with E-state index in [2.05, 4.69) is 20.8 Å². The third-order valence-electron chi connectivity index (χ3n) is 4.33. The molecule has 146 valence electrons. The van der Waals surface area contributed by atoms with Crippen molar-refractivity contribution in [2.24, 2.45) is 0 Å². The van der Waals surface area contributed by atoms with Crippen molar-refractivity contribution in [3.05, 3.63) is 47.2 Å². The van der Waals surface area contributed by atoms with Crippen LogP contribution in [0, 0.1) is 0 Å². The van der Waals surface area contributed by atoms with Gasteiger partial charge in [0.1, 0.15) is 17.6 Å². The van der Waals surface area contributed by atoms with Crippen LogP contribution in [0.1, 0.15) is 22.7 Å². The lowest BCUT2D eigenvalue weighted by Crippen LogP contribution is -2.24. The molecule has 0 radical (unpaired) electrons. The highest BCUT2D eigenvalue weighted by atomic mass is 32.1. The number of amides is 1. The van der Waals surface area contributed by atoms with Crippen molar-refractivity contribution in [3.63, 3.8) is 0 Å². The molecule has 4 rings (SSSR count). The molecule has 3 aromatic rings. The van der Waals surface area contributed by atoms with Crippen LogP contribution in [0.5, 0.6) is 11.5 Å². The zero-order valence-electron chi connectivity index (χ0n) is 15.3. The Morgan fingerprint density at radius 2 is 2.32 bits per heavy atom. The van der Waals surface area contributed by atoms with Crippen LogP contribution < -0.4 is 20.1 Å². The minimum absolute atomic E-state index is 0.131. The summed E-state index contributed by atoms with van der Waals surface area (Å²) in [6, 6.07) is 9.01. The van der Waals surface area contributed by atoms with E-state index in [9.17, 15) is 4.79 Å². The fourth-order valence-corrected chi connectivity index (χ4v) is 3.57. The van der Waals surface area contributed by atoms with Gasteiger partial charge in [-0.25, -0.2) is 0 Å². The summed E-state index contributed by atoms with van der Waals surface area (Å²) in [6.45, 7) is 1.90. The van der Waals surface area contributed by atoms with E-state index in [1.165, 1.54) is 18.4 Å². The molecule has 1 amide bonds. The number of carbonyl (C=O) groups excluding carboxylic acids is 1. The van der Waals surface area contributed by atoms with E-state index in [0.717, 1.165) is 24.4 Å². The van der Waals surface area contributed by atoms with Crippen molar-refractivity contribution in [2.45, 2.75) is 19.1 Å². The Hall–Kier alpha value is -2.91. The monoisotopic (exact) mass is 400 g/mol. The summed E-state index contributed by atoms with van der Waals surface area (Å²) >= 11 is 1.51. The van der Waals surface area contributed by atoms with E-state index < -0.39 is 0 Å². The Labute approximate surface area is 165 Å². The maximum atomic E-state index is 12.6. The number of hydrogen-bond acceptors (Lipinski definition) is 8. The van der Waals surface area contributed by atoms with Crippen LogP contribution in [0.3, 0.4) is 0 Å². The third kappa shape index (κ3) is 4.15. The van der Waals surface area contributed by atoms with Crippen molar-refractivity contribution in [2.75, 3.05) is 20.2 Å². The van der Waals surface area contributed by atoms with E-state index in [4.69, 9.17) is 13.9 Å². The van der Waals surface area contributed by atoms with E-state index in [1.807, 2.05) is 17.5 Å². The molecule has 28 heavy (non-hydrogen) atoms. The van der Waals surface area contributed by atoms with Gasteiger partial charge in [-0.3, -0.25) is 4.79 Å². The van der Waals surface area contributed by atoms with Gasteiger partial charge in [0.05, 0.1) is 24.1 Å². The number of benzene rings is 1. The molecule has 2 N–H and O–H groups in total. The Kier molecular flexibility index (Phi) is 5.54. The van der Waals surface area contributed by atoms with Crippen molar-refractivity contribution < 1.29 is 18.7 Å². The molecule has 1 atom stereocenters. The van der Waals surface area contributed by atoms with Gasteiger partial charge in [0, 0.05) is 12.6 Å². The molecule has 0 saturated carbocycles. The SMILES string of the molecule is COc1cc(OC2CCNC2)ccc1C(=O)NCc1nnc(-c2cccs2)o1. The number of nitrogens with one attached hydrogen (secondary N) is 2. The standard InChI is InChI=1S/C19H20N4O4S/c1-25-15-9-12(26-13-6-7-20-10-13)4-5-14(15)18(24)21-11-17-22-23-19(27-17)16-3-2-8-28-16/h2-5,8-9,13,20H,6-7,10-11H2,1H3,(H,21,24). The number of nitrogens with zero attached hydrogens (tertiary/aromatic N) is 2. The third-order valence-corrected chi connectivity index (χ3v) is 5.19. The van der Waals surface area contributed by atoms with E-state index >= 15 is 0 Å². The second-order valence-corrected chi connectivity index (χ2v) is 7.20. The van der Waals surface area contributed by atoms with Crippen molar-refractivity contribution in [1.82, 2.24) is 20.8 Å². The molecular formula is C19H20N4O4S. The van der Waals surface area contributed by atoms with E-state index in [-0.39, 0.29) is 18.6 Å². The van der Waals surface area contributed by atoms with Crippen molar-refractivity contribution in [3.8, 4) is 22.3 Å². The molecule has 0 aliphatic carbocycles. The maximum Gasteiger partial charge on any atom is 0.257 e. The van der Waals surface area contributed by atoms with Gasteiger partial charge in [0.2, 0.25) is 5.89 Å². The highest BCUT2D eigenvalue weighted by molar-refractivity contribution is 7.13. The average Bonchev–Trinajstić information content (AvgIpc) is 3.48. The van der Waals surface area contributed by atoms with E-state index in [0.29, 0.717) is 28.8 Å². The Balaban J connectivity index is 1.39. The lowest BCUT2D eigenvalue weighted by Gasteiger charge is -2.15. The molecule has 0 spiro atoms. The molecule has 1 aliphatic rings. The lowest BCUT2D eigenvalue weighted by molar-refractivity contribution is 0.0944. The van der Waals surface area contributed by atoms with Crippen LogP contribution in [0.25, 0.3) is 10.8 Å². The number of rotatable bonds is 7. The summed E-state index contributed by atoms with van der Waals surface area (Å²) in [4.78, 5) is 13.4. The summed E-state index contributed by atoms with van der Waals surface area (Å²) in [6.07, 6.45) is 1.10. The van der Waals surface area contributed by atoms with Gasteiger partial charge in [-0.05, 0) is 36.5 Å². The molecule has 1 fully saturated rings. The van der Waals surface area contributed by atoms with Crippen LogP contribution >= 0.6 is 11.3 Å². The van der Waals surface area contributed by atoms with Crippen molar-refractivity contribution >= 4 is 17.2 Å². The van der Waals surface area contributed by atoms with Gasteiger partial charge in [0.15, 0.2) is 0 Å². The highest BCUT2D eigenvalue weighted by Gasteiger charge is 2.19. The average molecular weight is 400 g/mol. The first-order valence-corrected chi connectivity index (χ1v) is 9.81. The van der Waals surface area contributed by atoms with Crippen LogP contribution in [-0.4, -0.2) is 42.4 Å². The first-order chi connectivity index (χ1) is 13.7. The molecule has 1 aromatic carbocycles. The van der Waals surface area contributed by atoms with Gasteiger partial charge >= 0.3 is 0 Å². The Morgan fingerprint density at radius 3 is 3.07 bits per heavy atom. The Bertz CT molecular complexity index is 935. The van der Waals surface area contributed by atoms with Gasteiger partial charge in [0.25, 0.3) is 11.8 Å². The molecule has 8 nitrogen and oxygen atoms in total. The van der Waals surface area contributed by atoms with Crippen LogP contribution in [0.15, 0.2) is 40.1 Å². The fraction of sp³-hybridized carbons (Fsp3) is 0.316. The molecule has 1 aliphatic heterocycles. The number of hydrogen-bond donors (Lipinski definition) is 2. The van der Waals surface area contributed by atoms with Crippen LogP contribution in [0.4, 0.5) is 0 Å². The van der Waals surface area contributed by atoms with Crippen LogP contribution in [0.2, 0.25) is 0 Å². The minimum Gasteiger partial charge on any atom is -0.496 e. The topological polar surface area (TPSA) is 98.5 Å². The first kappa shape index (κ1) is 18.5. The molecule has 9 heteroatoms. The number of carbonyl (C=O) groups is 1. The predicted molar refractivity (Wildman–Crippen MR) is 104 cm³/mol. The molecule has 0 bridgehead atoms. The molecular weight excluding hydrogens is 380 g/mol. The lowest BCUT2D eigenvalue weighted by atomic mass is 10.1. The summed E-state index contributed by atoms with van der Waals surface area (Å²) < 4.78 is 16.9. The van der Waals surface area contributed by atoms with Crippen LogP contribution in [-0.2, 0) is 6.54 Å².